The van der Waals surface area contributed by atoms with Crippen LogP contribution in [0.15, 0.2) is 40.8 Å². The summed E-state index contributed by atoms with van der Waals surface area (Å²) in [6.07, 6.45) is -0.0949. The number of alkyl halides is 3. The maximum absolute atomic E-state index is 13.7. The zero-order chi connectivity index (χ0) is 22.6. The van der Waals surface area contributed by atoms with Gasteiger partial charge in [0.15, 0.2) is 0 Å². The Labute approximate surface area is 176 Å². The standard InChI is InChI=1S/C21H33F3N4O2/c1-5-6-8-19(18(21(22,23)24)15-26-17(4)27-16(2)3)25-10-7-11-28-12-14-30-13-9-20(28)29/h8,15,25H,2,5-7,9-14H2,1,3-4H3,(H,26,27)/b18-15+,19-8-. The minimum Gasteiger partial charge on any atom is -0.385 e. The Morgan fingerprint density at radius 2 is 2.07 bits per heavy atom. The quantitative estimate of drug-likeness (QED) is 0.239. The fourth-order valence-electron chi connectivity index (χ4n) is 2.81. The zero-order valence-electron chi connectivity index (χ0n) is 18.1. The van der Waals surface area contributed by atoms with Crippen molar-refractivity contribution in [1.82, 2.24) is 15.5 Å². The van der Waals surface area contributed by atoms with Gasteiger partial charge in [-0.3, -0.25) is 4.79 Å². The van der Waals surface area contributed by atoms with Crippen LogP contribution < -0.4 is 10.6 Å². The summed E-state index contributed by atoms with van der Waals surface area (Å²) in [5.74, 6) is 0.334. The summed E-state index contributed by atoms with van der Waals surface area (Å²) in [6.45, 7) is 11.0. The first-order valence-corrected chi connectivity index (χ1v) is 10.2. The van der Waals surface area contributed by atoms with E-state index in [-0.39, 0.29) is 11.6 Å². The summed E-state index contributed by atoms with van der Waals surface area (Å²) < 4.78 is 46.3. The molecule has 1 aliphatic rings. The number of halogens is 3. The molecule has 9 heteroatoms. The molecule has 1 amide bonds. The lowest BCUT2D eigenvalue weighted by atomic mass is 10.1. The molecule has 0 atom stereocenters. The van der Waals surface area contributed by atoms with Crippen LogP contribution in [0, 0.1) is 0 Å². The van der Waals surface area contributed by atoms with Gasteiger partial charge < -0.3 is 20.3 Å². The molecule has 0 unspecified atom stereocenters. The van der Waals surface area contributed by atoms with Crippen molar-refractivity contribution in [3.63, 3.8) is 0 Å². The van der Waals surface area contributed by atoms with Crippen LogP contribution in [0.4, 0.5) is 13.2 Å². The van der Waals surface area contributed by atoms with Crippen LogP contribution in [0.5, 0.6) is 0 Å². The first-order chi connectivity index (χ1) is 14.1. The van der Waals surface area contributed by atoms with E-state index in [1.165, 1.54) is 0 Å². The van der Waals surface area contributed by atoms with E-state index in [0.717, 1.165) is 12.6 Å². The van der Waals surface area contributed by atoms with Crippen LogP contribution in [0.2, 0.25) is 0 Å². The number of amides is 1. The summed E-state index contributed by atoms with van der Waals surface area (Å²) in [5.41, 5.74) is -0.244. The number of amidine groups is 1. The minimum atomic E-state index is -4.56. The molecule has 0 radical (unpaired) electrons. The van der Waals surface area contributed by atoms with Crippen molar-refractivity contribution in [2.45, 2.75) is 52.6 Å². The molecule has 1 saturated heterocycles. The number of nitrogens with one attached hydrogen (secondary N) is 2. The lowest BCUT2D eigenvalue weighted by molar-refractivity contribution is -0.130. The molecule has 1 rings (SSSR count). The van der Waals surface area contributed by atoms with E-state index in [0.29, 0.717) is 63.6 Å². The van der Waals surface area contributed by atoms with E-state index in [9.17, 15) is 18.0 Å². The fourth-order valence-corrected chi connectivity index (χ4v) is 2.81. The van der Waals surface area contributed by atoms with E-state index >= 15 is 0 Å². The number of rotatable bonds is 10. The SMILES string of the molecule is C=C(C)NC(C)=N/C=C(\C(=C\CCC)NCCCN1CCOCCC1=O)C(F)(F)F. The molecule has 0 aromatic heterocycles. The van der Waals surface area contributed by atoms with Crippen molar-refractivity contribution in [2.24, 2.45) is 4.99 Å². The summed E-state index contributed by atoms with van der Waals surface area (Å²) in [7, 11) is 0. The van der Waals surface area contributed by atoms with Gasteiger partial charge in [0.25, 0.3) is 0 Å². The number of carbonyl (C=O) groups is 1. The maximum atomic E-state index is 13.7. The average molecular weight is 431 g/mol. The van der Waals surface area contributed by atoms with E-state index in [1.54, 1.807) is 24.8 Å². The van der Waals surface area contributed by atoms with Gasteiger partial charge in [-0.1, -0.05) is 26.0 Å². The van der Waals surface area contributed by atoms with E-state index in [2.05, 4.69) is 22.2 Å². The predicted octanol–water partition coefficient (Wildman–Crippen LogP) is 3.89. The number of ether oxygens (including phenoxy) is 1. The van der Waals surface area contributed by atoms with Crippen molar-refractivity contribution in [1.29, 1.82) is 0 Å². The van der Waals surface area contributed by atoms with Gasteiger partial charge in [-0.05, 0) is 26.7 Å². The molecule has 0 bridgehead atoms. The van der Waals surface area contributed by atoms with Crippen LogP contribution >= 0.6 is 0 Å². The van der Waals surface area contributed by atoms with Gasteiger partial charge in [0.05, 0.1) is 25.2 Å². The highest BCUT2D eigenvalue weighted by atomic mass is 19.4. The molecule has 0 aromatic carbocycles. The van der Waals surface area contributed by atoms with Gasteiger partial charge in [0, 0.05) is 37.2 Å². The van der Waals surface area contributed by atoms with E-state index in [4.69, 9.17) is 4.74 Å². The largest absolute Gasteiger partial charge is 0.419 e. The molecule has 2 N–H and O–H groups in total. The fraction of sp³-hybridized carbons (Fsp3) is 0.619. The zero-order valence-corrected chi connectivity index (χ0v) is 18.1. The molecule has 0 aromatic rings. The molecule has 1 heterocycles. The predicted molar refractivity (Wildman–Crippen MR) is 113 cm³/mol. The number of nitrogens with zero attached hydrogens (tertiary/aromatic N) is 2. The van der Waals surface area contributed by atoms with Crippen LogP contribution in [0.25, 0.3) is 0 Å². The third-order valence-corrected chi connectivity index (χ3v) is 4.25. The van der Waals surface area contributed by atoms with Gasteiger partial charge in [-0.25, -0.2) is 4.99 Å². The van der Waals surface area contributed by atoms with Gasteiger partial charge >= 0.3 is 6.18 Å². The number of hydrogen-bond donors (Lipinski definition) is 2. The van der Waals surface area contributed by atoms with Crippen molar-refractivity contribution in [2.75, 3.05) is 32.8 Å². The molecule has 1 fully saturated rings. The maximum Gasteiger partial charge on any atom is 0.419 e. The van der Waals surface area contributed by atoms with Gasteiger partial charge in [0.2, 0.25) is 5.91 Å². The van der Waals surface area contributed by atoms with Crippen LogP contribution in [-0.4, -0.2) is 55.7 Å². The third kappa shape index (κ3) is 9.96. The average Bonchev–Trinajstić information content (AvgIpc) is 2.85. The summed E-state index contributed by atoms with van der Waals surface area (Å²) in [5, 5.41) is 5.68. The topological polar surface area (TPSA) is 66.0 Å². The molecule has 0 aliphatic carbocycles. The Balaban J connectivity index is 2.85. The lowest BCUT2D eigenvalue weighted by Gasteiger charge is -2.21. The Morgan fingerprint density at radius 1 is 1.33 bits per heavy atom. The van der Waals surface area contributed by atoms with Crippen molar-refractivity contribution < 1.29 is 22.7 Å². The highest BCUT2D eigenvalue weighted by Gasteiger charge is 2.36. The van der Waals surface area contributed by atoms with Crippen LogP contribution in [0.1, 0.15) is 46.5 Å². The third-order valence-electron chi connectivity index (χ3n) is 4.25. The molecule has 1 aliphatic heterocycles. The smallest absolute Gasteiger partial charge is 0.385 e. The van der Waals surface area contributed by atoms with Gasteiger partial charge in [-0.2, -0.15) is 13.2 Å². The minimum absolute atomic E-state index is 0.00162. The van der Waals surface area contributed by atoms with Gasteiger partial charge in [0.1, 0.15) is 5.84 Å². The molecule has 30 heavy (non-hydrogen) atoms. The Bertz CT molecular complexity index is 670. The van der Waals surface area contributed by atoms with E-state index in [1.807, 2.05) is 6.92 Å². The number of aliphatic imine (C=N–C) groups is 1. The number of carbonyl (C=O) groups excluding carboxylic acids is 1. The Kier molecular flexibility index (Phi) is 11.2. The lowest BCUT2D eigenvalue weighted by Crippen LogP contribution is -2.34. The molecule has 0 spiro atoms. The van der Waals surface area contributed by atoms with Crippen LogP contribution in [-0.2, 0) is 9.53 Å². The Morgan fingerprint density at radius 3 is 2.70 bits per heavy atom. The number of hydrogen-bond acceptors (Lipinski definition) is 4. The molecule has 170 valence electrons. The summed E-state index contributed by atoms with van der Waals surface area (Å²) in [4.78, 5) is 17.6. The molecule has 0 saturated carbocycles. The second-order valence-corrected chi connectivity index (χ2v) is 7.09. The summed E-state index contributed by atoms with van der Waals surface area (Å²) >= 11 is 0. The number of allylic oxidation sites excluding steroid dienone is 3. The van der Waals surface area contributed by atoms with Crippen molar-refractivity contribution >= 4 is 11.7 Å². The number of unbranched alkanes of at least 4 members (excludes halogenated alkanes) is 1. The second kappa shape index (κ2) is 13.1. The normalized spacial score (nSPS) is 17.1. The highest BCUT2D eigenvalue weighted by molar-refractivity contribution is 5.81. The van der Waals surface area contributed by atoms with Crippen molar-refractivity contribution in [3.05, 3.63) is 35.8 Å². The molecule has 6 nitrogen and oxygen atoms in total. The van der Waals surface area contributed by atoms with Crippen molar-refractivity contribution in [3.8, 4) is 0 Å². The first-order valence-electron chi connectivity index (χ1n) is 10.2. The monoisotopic (exact) mass is 430 g/mol. The Hall–Kier alpha value is -2.29. The molecular weight excluding hydrogens is 397 g/mol. The van der Waals surface area contributed by atoms with Crippen LogP contribution in [0.3, 0.4) is 0 Å². The first kappa shape index (κ1) is 25.7. The highest BCUT2D eigenvalue weighted by Crippen LogP contribution is 2.30. The molecular formula is C21H33F3N4O2. The van der Waals surface area contributed by atoms with Gasteiger partial charge in [-0.15, -0.1) is 0 Å². The summed E-state index contributed by atoms with van der Waals surface area (Å²) in [6, 6.07) is 0. The van der Waals surface area contributed by atoms with E-state index < -0.39 is 11.7 Å². The second-order valence-electron chi connectivity index (χ2n) is 7.09.